The third kappa shape index (κ3) is 2.48. The molecule has 1 fully saturated rings. The Balaban J connectivity index is 2.18. The van der Waals surface area contributed by atoms with E-state index in [4.69, 9.17) is 10.2 Å². The zero-order valence-corrected chi connectivity index (χ0v) is 13.3. The zero-order valence-electron chi connectivity index (χ0n) is 11.3. The average molecular weight is 266 g/mol. The van der Waals surface area contributed by atoms with Gasteiger partial charge in [0.2, 0.25) is 0 Å². The minimum Gasteiger partial charge on any atom is -0.413 e. The molecule has 2 rings (SSSR count). The number of rotatable bonds is 1. The first-order valence-corrected chi connectivity index (χ1v) is 13.5. The average Bonchev–Trinajstić information content (AvgIpc) is 2.23. The van der Waals surface area contributed by atoms with Gasteiger partial charge in [-0.3, -0.25) is 0 Å². The van der Waals surface area contributed by atoms with Gasteiger partial charge in [-0.1, -0.05) is 31.3 Å². The highest BCUT2D eigenvalue weighted by atomic mass is 29.3. The number of hydrogen-bond donors (Lipinski definition) is 1. The number of nitrogen functional groups attached to an aromatic ring is 1. The van der Waals surface area contributed by atoms with Crippen LogP contribution >= 0.6 is 0 Å². The van der Waals surface area contributed by atoms with Crippen LogP contribution in [0.1, 0.15) is 18.1 Å². The van der Waals surface area contributed by atoms with Crippen molar-refractivity contribution in [2.24, 2.45) is 0 Å². The predicted molar refractivity (Wildman–Crippen MR) is 79.1 cm³/mol. The lowest BCUT2D eigenvalue weighted by molar-refractivity contribution is 0.189. The molecule has 1 aliphatic rings. The normalized spacial score (nSPS) is 26.7. The minimum absolute atomic E-state index is 0.304. The fraction of sp³-hybridized carbons (Fsp3) is 0.538. The van der Waals surface area contributed by atoms with E-state index in [2.05, 4.69) is 38.3 Å². The van der Waals surface area contributed by atoms with Crippen molar-refractivity contribution in [3.05, 3.63) is 29.8 Å². The van der Waals surface area contributed by atoms with E-state index < -0.39 is 15.4 Å². The summed E-state index contributed by atoms with van der Waals surface area (Å²) in [6.45, 7) is 9.75. The van der Waals surface area contributed by atoms with Crippen LogP contribution in [-0.4, -0.2) is 15.4 Å². The van der Waals surface area contributed by atoms with Gasteiger partial charge in [0.25, 0.3) is 0 Å². The highest BCUT2D eigenvalue weighted by Crippen LogP contribution is 2.40. The van der Waals surface area contributed by atoms with Gasteiger partial charge in [-0.05, 0) is 37.2 Å². The van der Waals surface area contributed by atoms with Crippen LogP contribution < -0.4 is 5.73 Å². The van der Waals surface area contributed by atoms with Crippen molar-refractivity contribution < 1.29 is 4.43 Å². The maximum absolute atomic E-state index is 6.47. The zero-order chi connectivity index (χ0) is 12.7. The van der Waals surface area contributed by atoms with Gasteiger partial charge in [0.05, 0.1) is 13.7 Å². The standard InChI is InChI=1S/C13H23NOSi2/c1-16(2)10-9-13(15-17(16,3)4)11-5-7-12(14)8-6-11/h5-8,13H,9-10,14H2,1-4H3. The summed E-state index contributed by atoms with van der Waals surface area (Å²) in [5.41, 5.74) is 7.85. The molecule has 1 saturated heterocycles. The van der Waals surface area contributed by atoms with Gasteiger partial charge >= 0.3 is 0 Å². The molecule has 0 amide bonds. The summed E-state index contributed by atoms with van der Waals surface area (Å²) in [4.78, 5) is 0. The van der Waals surface area contributed by atoms with Crippen LogP contribution in [0, 0.1) is 0 Å². The van der Waals surface area contributed by atoms with E-state index in [1.807, 2.05) is 12.1 Å². The Morgan fingerprint density at radius 1 is 1.12 bits per heavy atom. The van der Waals surface area contributed by atoms with Gasteiger partial charge in [-0.2, -0.15) is 0 Å². The molecule has 0 aromatic heterocycles. The second-order valence-corrected chi connectivity index (χ2v) is 21.4. The van der Waals surface area contributed by atoms with E-state index in [0.717, 1.165) is 5.69 Å². The van der Waals surface area contributed by atoms with Gasteiger partial charge in [0.1, 0.15) is 0 Å². The largest absolute Gasteiger partial charge is 0.413 e. The maximum Gasteiger partial charge on any atom is 0.174 e. The van der Waals surface area contributed by atoms with Crippen LogP contribution in [0.15, 0.2) is 24.3 Å². The van der Waals surface area contributed by atoms with Crippen molar-refractivity contribution >= 4 is 21.1 Å². The Kier molecular flexibility index (Phi) is 3.22. The number of anilines is 1. The SMILES string of the molecule is C[Si]1(C)CCC(c2ccc(N)cc2)O[Si]1(C)C. The topological polar surface area (TPSA) is 35.2 Å². The Labute approximate surface area is 106 Å². The summed E-state index contributed by atoms with van der Waals surface area (Å²) >= 11 is 0. The highest BCUT2D eigenvalue weighted by Gasteiger charge is 2.47. The molecule has 1 aliphatic heterocycles. The number of hydrogen-bond acceptors (Lipinski definition) is 2. The fourth-order valence-corrected chi connectivity index (χ4v) is 8.81. The Morgan fingerprint density at radius 3 is 2.24 bits per heavy atom. The monoisotopic (exact) mass is 265 g/mol. The van der Waals surface area contributed by atoms with Crippen molar-refractivity contribution in [2.75, 3.05) is 5.73 Å². The van der Waals surface area contributed by atoms with Gasteiger partial charge in [-0.25, -0.2) is 0 Å². The van der Waals surface area contributed by atoms with E-state index in [0.29, 0.717) is 6.10 Å². The highest BCUT2D eigenvalue weighted by molar-refractivity contribution is 7.38. The van der Waals surface area contributed by atoms with E-state index in [9.17, 15) is 0 Å². The second-order valence-electron chi connectivity index (χ2n) is 6.21. The van der Waals surface area contributed by atoms with Crippen LogP contribution in [0.2, 0.25) is 32.2 Å². The molecule has 2 nitrogen and oxygen atoms in total. The van der Waals surface area contributed by atoms with Crippen LogP contribution in [0.25, 0.3) is 0 Å². The molecular formula is C13H23NOSi2. The first-order chi connectivity index (χ1) is 7.82. The van der Waals surface area contributed by atoms with Crippen molar-refractivity contribution in [1.29, 1.82) is 0 Å². The van der Waals surface area contributed by atoms with E-state index in [-0.39, 0.29) is 0 Å². The first-order valence-electron chi connectivity index (χ1n) is 6.35. The fourth-order valence-electron chi connectivity index (χ4n) is 2.31. The number of benzene rings is 1. The molecule has 1 heterocycles. The van der Waals surface area contributed by atoms with Crippen molar-refractivity contribution in [2.45, 2.75) is 44.8 Å². The Hall–Kier alpha value is -0.586. The molecule has 0 radical (unpaired) electrons. The maximum atomic E-state index is 6.47. The van der Waals surface area contributed by atoms with Gasteiger partial charge < -0.3 is 10.2 Å². The summed E-state index contributed by atoms with van der Waals surface area (Å²) in [6.07, 6.45) is 1.48. The lowest BCUT2D eigenvalue weighted by Crippen LogP contribution is -2.60. The smallest absolute Gasteiger partial charge is 0.174 e. The van der Waals surface area contributed by atoms with Crippen molar-refractivity contribution in [3.63, 3.8) is 0 Å². The third-order valence-electron chi connectivity index (χ3n) is 4.41. The van der Waals surface area contributed by atoms with Crippen molar-refractivity contribution in [1.82, 2.24) is 0 Å². The third-order valence-corrected chi connectivity index (χ3v) is 21.0. The second kappa shape index (κ2) is 4.26. The molecule has 4 heteroatoms. The minimum atomic E-state index is -1.47. The van der Waals surface area contributed by atoms with Crippen molar-refractivity contribution in [3.8, 4) is 0 Å². The molecule has 1 atom stereocenters. The Morgan fingerprint density at radius 2 is 1.71 bits per heavy atom. The molecule has 0 aliphatic carbocycles. The summed E-state index contributed by atoms with van der Waals surface area (Å²) in [5, 5.41) is 0. The molecule has 17 heavy (non-hydrogen) atoms. The summed E-state index contributed by atoms with van der Waals surface area (Å²) in [5.74, 6) is 0. The molecule has 0 bridgehead atoms. The lowest BCUT2D eigenvalue weighted by Gasteiger charge is -2.45. The van der Waals surface area contributed by atoms with E-state index >= 15 is 0 Å². The van der Waals surface area contributed by atoms with Crippen LogP contribution in [0.4, 0.5) is 5.69 Å². The summed E-state index contributed by atoms with van der Waals surface area (Å²) in [7, 11) is -2.58. The van der Waals surface area contributed by atoms with Gasteiger partial charge in [0, 0.05) is 5.69 Å². The van der Waals surface area contributed by atoms with Crippen LogP contribution in [0.3, 0.4) is 0 Å². The van der Waals surface area contributed by atoms with E-state index in [1.54, 1.807) is 0 Å². The summed E-state index contributed by atoms with van der Waals surface area (Å²) in [6, 6.07) is 9.57. The molecule has 1 aromatic rings. The van der Waals surface area contributed by atoms with Gasteiger partial charge in [-0.15, -0.1) is 0 Å². The van der Waals surface area contributed by atoms with Crippen LogP contribution in [0.5, 0.6) is 0 Å². The molecular weight excluding hydrogens is 242 g/mol. The Bertz CT molecular complexity index is 400. The number of nitrogens with two attached hydrogens (primary N) is 1. The molecule has 2 N–H and O–H groups in total. The molecule has 0 saturated carbocycles. The van der Waals surface area contributed by atoms with E-state index in [1.165, 1.54) is 18.0 Å². The first kappa shape index (κ1) is 12.9. The van der Waals surface area contributed by atoms with Gasteiger partial charge in [0.15, 0.2) is 7.83 Å². The van der Waals surface area contributed by atoms with Crippen LogP contribution in [-0.2, 0) is 4.43 Å². The molecule has 94 valence electrons. The lowest BCUT2D eigenvalue weighted by atomic mass is 10.1. The quantitative estimate of drug-likeness (QED) is 0.620. The molecule has 0 spiro atoms. The predicted octanol–water partition coefficient (Wildman–Crippen LogP) is 3.72. The molecule has 1 aromatic carbocycles. The molecule has 1 unspecified atom stereocenters. The summed E-state index contributed by atoms with van der Waals surface area (Å²) < 4.78 is 6.47.